The summed E-state index contributed by atoms with van der Waals surface area (Å²) in [5, 5.41) is 0. The van der Waals surface area contributed by atoms with Crippen LogP contribution in [0.2, 0.25) is 0 Å². The molecule has 54 valence electrons. The van der Waals surface area contributed by atoms with Crippen LogP contribution in [0.15, 0.2) is 18.2 Å². The van der Waals surface area contributed by atoms with Crippen LogP contribution in [0.4, 0.5) is 5.69 Å². The Morgan fingerprint density at radius 2 is 1.70 bits per heavy atom. The van der Waals surface area contributed by atoms with Crippen molar-refractivity contribution in [2.24, 2.45) is 5.84 Å². The minimum Gasteiger partial charge on any atom is -0.322 e. The molecule has 0 unspecified atom stereocenters. The number of hydrogen-bond acceptors (Lipinski definition) is 2. The molecule has 0 fully saturated rings. The third-order valence-electron chi connectivity index (χ3n) is 1.11. The highest BCUT2D eigenvalue weighted by atomic mass is 127. The van der Waals surface area contributed by atoms with Crippen molar-refractivity contribution in [1.82, 2.24) is 0 Å². The van der Waals surface area contributed by atoms with Crippen molar-refractivity contribution < 1.29 is 0 Å². The maximum Gasteiger partial charge on any atom is 0.0753 e. The maximum atomic E-state index is 5.29. The number of para-hydroxylation sites is 1. The molecular weight excluding hydrogens is 354 g/mol. The molecule has 3 N–H and O–H groups in total. The van der Waals surface area contributed by atoms with Crippen LogP contribution in [-0.4, -0.2) is 0 Å². The van der Waals surface area contributed by atoms with E-state index >= 15 is 0 Å². The first-order valence-electron chi connectivity index (χ1n) is 2.66. The number of rotatable bonds is 1. The molecule has 0 aliphatic heterocycles. The first-order valence-corrected chi connectivity index (χ1v) is 4.82. The lowest BCUT2D eigenvalue weighted by Gasteiger charge is -2.04. The van der Waals surface area contributed by atoms with E-state index in [1.807, 2.05) is 18.2 Å². The molecule has 2 nitrogen and oxygen atoms in total. The van der Waals surface area contributed by atoms with Crippen molar-refractivity contribution in [2.45, 2.75) is 0 Å². The van der Waals surface area contributed by atoms with E-state index in [0.29, 0.717) is 0 Å². The van der Waals surface area contributed by atoms with Crippen molar-refractivity contribution in [2.75, 3.05) is 5.43 Å². The van der Waals surface area contributed by atoms with Gasteiger partial charge < -0.3 is 5.43 Å². The van der Waals surface area contributed by atoms with Gasteiger partial charge in [0, 0.05) is 7.14 Å². The Hall–Kier alpha value is 0.440. The molecule has 0 saturated carbocycles. The van der Waals surface area contributed by atoms with E-state index < -0.39 is 0 Å². The third-order valence-corrected chi connectivity index (χ3v) is 2.91. The smallest absolute Gasteiger partial charge is 0.0753 e. The summed E-state index contributed by atoms with van der Waals surface area (Å²) in [7, 11) is 0. The number of nitrogens with one attached hydrogen (secondary N) is 1. The van der Waals surface area contributed by atoms with Crippen LogP contribution in [0.3, 0.4) is 0 Å². The molecule has 0 heterocycles. The Kier molecular flexibility index (Phi) is 3.18. The van der Waals surface area contributed by atoms with Gasteiger partial charge in [-0.05, 0) is 57.3 Å². The number of nitrogens with two attached hydrogens (primary N) is 1. The quantitative estimate of drug-likeness (QED) is 0.458. The predicted molar refractivity (Wildman–Crippen MR) is 59.7 cm³/mol. The minimum absolute atomic E-state index is 1.00. The van der Waals surface area contributed by atoms with Crippen LogP contribution in [-0.2, 0) is 0 Å². The molecule has 1 rings (SSSR count). The van der Waals surface area contributed by atoms with Crippen molar-refractivity contribution >= 4 is 50.9 Å². The normalized spacial score (nSPS) is 9.50. The number of nitrogen functional groups attached to an aromatic ring is 1. The highest BCUT2D eigenvalue weighted by molar-refractivity contribution is 14.1. The van der Waals surface area contributed by atoms with Crippen LogP contribution < -0.4 is 11.3 Å². The second-order valence-corrected chi connectivity index (χ2v) is 4.07. The summed E-state index contributed by atoms with van der Waals surface area (Å²) in [6.07, 6.45) is 0. The third kappa shape index (κ3) is 1.73. The molecule has 0 spiro atoms. The van der Waals surface area contributed by atoms with Crippen LogP contribution >= 0.6 is 45.2 Å². The van der Waals surface area contributed by atoms with Gasteiger partial charge in [-0.1, -0.05) is 6.07 Å². The SMILES string of the molecule is NNc1c(I)cccc1I. The van der Waals surface area contributed by atoms with Gasteiger partial charge in [0.15, 0.2) is 0 Å². The summed E-state index contributed by atoms with van der Waals surface area (Å²) in [4.78, 5) is 0. The van der Waals surface area contributed by atoms with E-state index in [4.69, 9.17) is 5.84 Å². The molecule has 1 aromatic rings. The number of hydrazine groups is 1. The second-order valence-electron chi connectivity index (χ2n) is 1.74. The van der Waals surface area contributed by atoms with Crippen molar-refractivity contribution in [3.63, 3.8) is 0 Å². The van der Waals surface area contributed by atoms with Crippen LogP contribution in [0, 0.1) is 7.14 Å². The van der Waals surface area contributed by atoms with E-state index in [9.17, 15) is 0 Å². The molecule has 0 aromatic heterocycles. The monoisotopic (exact) mass is 360 g/mol. The van der Waals surface area contributed by atoms with Gasteiger partial charge in [0.1, 0.15) is 0 Å². The summed E-state index contributed by atoms with van der Waals surface area (Å²) in [6.45, 7) is 0. The second kappa shape index (κ2) is 3.72. The van der Waals surface area contributed by atoms with Gasteiger partial charge in [0.2, 0.25) is 0 Å². The fourth-order valence-corrected chi connectivity index (χ4v) is 2.46. The van der Waals surface area contributed by atoms with Crippen LogP contribution in [0.1, 0.15) is 0 Å². The van der Waals surface area contributed by atoms with E-state index in [1.54, 1.807) is 0 Å². The largest absolute Gasteiger partial charge is 0.322 e. The van der Waals surface area contributed by atoms with Crippen molar-refractivity contribution in [1.29, 1.82) is 0 Å². The Morgan fingerprint density at radius 1 is 1.20 bits per heavy atom. The zero-order valence-corrected chi connectivity index (χ0v) is 9.38. The Morgan fingerprint density at radius 3 is 2.00 bits per heavy atom. The van der Waals surface area contributed by atoms with Crippen molar-refractivity contribution in [3.8, 4) is 0 Å². The van der Waals surface area contributed by atoms with Gasteiger partial charge in [-0.25, -0.2) is 0 Å². The van der Waals surface area contributed by atoms with Gasteiger partial charge in [0.25, 0.3) is 0 Å². The van der Waals surface area contributed by atoms with E-state index in [1.165, 1.54) is 0 Å². The van der Waals surface area contributed by atoms with E-state index in [-0.39, 0.29) is 0 Å². The molecule has 0 radical (unpaired) electrons. The lowest BCUT2D eigenvalue weighted by Crippen LogP contribution is -2.09. The Bertz CT molecular complexity index is 217. The summed E-state index contributed by atoms with van der Waals surface area (Å²) in [6, 6.07) is 6.03. The lowest BCUT2D eigenvalue weighted by atomic mass is 10.3. The van der Waals surface area contributed by atoms with Gasteiger partial charge in [0.05, 0.1) is 5.69 Å². The molecule has 4 heteroatoms. The van der Waals surface area contributed by atoms with Gasteiger partial charge in [-0.2, -0.15) is 0 Å². The van der Waals surface area contributed by atoms with E-state index in [0.717, 1.165) is 12.8 Å². The topological polar surface area (TPSA) is 38.0 Å². The summed E-state index contributed by atoms with van der Waals surface area (Å²) >= 11 is 4.48. The molecule has 0 amide bonds. The lowest BCUT2D eigenvalue weighted by molar-refractivity contribution is 1.33. The highest BCUT2D eigenvalue weighted by Crippen LogP contribution is 2.22. The average Bonchev–Trinajstić information content (AvgIpc) is 1.88. The fourth-order valence-electron chi connectivity index (χ4n) is 0.636. The van der Waals surface area contributed by atoms with Crippen LogP contribution in [0.5, 0.6) is 0 Å². The molecule has 0 aliphatic rings. The molecule has 0 atom stereocenters. The minimum atomic E-state index is 1.00. The summed E-state index contributed by atoms with van der Waals surface area (Å²) in [5.41, 5.74) is 3.65. The molecule has 0 saturated heterocycles. The molecule has 10 heavy (non-hydrogen) atoms. The average molecular weight is 360 g/mol. The van der Waals surface area contributed by atoms with Crippen molar-refractivity contribution in [3.05, 3.63) is 25.3 Å². The van der Waals surface area contributed by atoms with Crippen LogP contribution in [0.25, 0.3) is 0 Å². The van der Waals surface area contributed by atoms with Gasteiger partial charge in [-0.15, -0.1) is 0 Å². The zero-order valence-electron chi connectivity index (χ0n) is 5.07. The number of anilines is 1. The molecular formula is C6H6I2N2. The highest BCUT2D eigenvalue weighted by Gasteiger charge is 1.99. The summed E-state index contributed by atoms with van der Waals surface area (Å²) in [5.74, 6) is 5.29. The number of halogens is 2. The summed E-state index contributed by atoms with van der Waals surface area (Å²) < 4.78 is 2.29. The standard InChI is InChI=1S/C6H6I2N2/c7-4-2-1-3-5(8)6(4)10-9/h1-3,10H,9H2. The zero-order chi connectivity index (χ0) is 7.56. The van der Waals surface area contributed by atoms with Gasteiger partial charge in [-0.3, -0.25) is 5.84 Å². The number of hydrogen-bond donors (Lipinski definition) is 2. The molecule has 1 aromatic carbocycles. The molecule has 0 aliphatic carbocycles. The first kappa shape index (κ1) is 8.54. The predicted octanol–water partition coefficient (Wildman–Crippen LogP) is 2.18. The Labute approximate surface area is 86.8 Å². The fraction of sp³-hybridized carbons (Fsp3) is 0. The van der Waals surface area contributed by atoms with Gasteiger partial charge >= 0.3 is 0 Å². The Balaban J connectivity index is 3.17. The maximum absolute atomic E-state index is 5.29. The molecule has 0 bridgehead atoms. The first-order chi connectivity index (χ1) is 4.75. The number of benzene rings is 1. The van der Waals surface area contributed by atoms with E-state index in [2.05, 4.69) is 50.6 Å².